The fourth-order valence-corrected chi connectivity index (χ4v) is 8.31. The van der Waals surface area contributed by atoms with Gasteiger partial charge in [0, 0.05) is 17.7 Å². The molecule has 29 heavy (non-hydrogen) atoms. The molecule has 0 aromatic carbocycles. The Morgan fingerprint density at radius 1 is 1.14 bits per heavy atom. The molecule has 1 amide bonds. The van der Waals surface area contributed by atoms with E-state index in [1.807, 2.05) is 18.7 Å². The van der Waals surface area contributed by atoms with E-state index in [1.165, 1.54) is 69.9 Å². The summed E-state index contributed by atoms with van der Waals surface area (Å²) in [4.78, 5) is 13.5. The number of carbonyl (C=O) groups excluding carboxylic acids is 1. The Hall–Kier alpha value is -0.790. The molecule has 166 valence electrons. The molecule has 3 fully saturated rings. The van der Waals surface area contributed by atoms with Crippen molar-refractivity contribution in [2.75, 3.05) is 6.54 Å². The smallest absolute Gasteiger partial charge is 0.213 e. The fourth-order valence-electron chi connectivity index (χ4n) is 8.31. The predicted molar refractivity (Wildman–Crippen MR) is 123 cm³/mol. The first-order valence-corrected chi connectivity index (χ1v) is 12.9. The predicted octanol–water partition coefficient (Wildman–Crippen LogP) is 7.44. The molecule has 0 radical (unpaired) electrons. The molecule has 0 N–H and O–H groups in total. The van der Waals surface area contributed by atoms with Crippen molar-refractivity contribution in [3.05, 3.63) is 11.8 Å². The van der Waals surface area contributed by atoms with Gasteiger partial charge in [0.15, 0.2) is 0 Å². The summed E-state index contributed by atoms with van der Waals surface area (Å²) in [6.07, 6.45) is 17.3. The highest BCUT2D eigenvalue weighted by Gasteiger charge is 2.60. The van der Waals surface area contributed by atoms with E-state index in [1.54, 1.807) is 0 Å². The number of carbonyl (C=O) groups is 1. The Labute approximate surface area is 180 Å². The molecule has 4 aliphatic rings. The van der Waals surface area contributed by atoms with E-state index in [-0.39, 0.29) is 5.41 Å². The summed E-state index contributed by atoms with van der Waals surface area (Å²) in [5, 5.41) is 0. The van der Waals surface area contributed by atoms with Gasteiger partial charge in [-0.3, -0.25) is 4.79 Å². The van der Waals surface area contributed by atoms with Crippen LogP contribution < -0.4 is 0 Å². The lowest BCUT2D eigenvalue weighted by Crippen LogP contribution is -2.49. The van der Waals surface area contributed by atoms with Gasteiger partial charge >= 0.3 is 0 Å². The lowest BCUT2D eigenvalue weighted by Gasteiger charge is -2.55. The molecule has 0 aromatic heterocycles. The first-order valence-electron chi connectivity index (χ1n) is 12.9. The molecule has 3 aliphatic carbocycles. The van der Waals surface area contributed by atoms with Crippen LogP contribution in [-0.4, -0.2) is 17.9 Å². The van der Waals surface area contributed by atoms with Crippen LogP contribution >= 0.6 is 0 Å². The van der Waals surface area contributed by atoms with Crippen molar-refractivity contribution >= 4 is 6.41 Å². The van der Waals surface area contributed by atoms with Gasteiger partial charge in [0.1, 0.15) is 0 Å². The summed E-state index contributed by atoms with van der Waals surface area (Å²) in [6, 6.07) is 0. The Morgan fingerprint density at radius 3 is 2.59 bits per heavy atom. The second-order valence-electron chi connectivity index (χ2n) is 10.9. The molecule has 0 bridgehead atoms. The zero-order chi connectivity index (χ0) is 21.2. The van der Waals surface area contributed by atoms with Gasteiger partial charge in [-0.25, -0.2) is 0 Å². The van der Waals surface area contributed by atoms with Crippen molar-refractivity contribution in [1.82, 2.24) is 4.90 Å². The van der Waals surface area contributed by atoms with E-state index in [9.17, 15) is 4.79 Å². The SMILES string of the molecule is CC.CCCCCC(C)C1CCC2C3CC=C4N(C=O)CCC4(C)C3CCC12C. The maximum absolute atomic E-state index is 11.5. The Bertz CT molecular complexity index is 597. The standard InChI is InChI=1S/C25H41NO.C2H6/c1-5-6-7-8-18(2)20-10-11-21-19-9-12-23-25(4,15-16-26(23)17-27)22(19)13-14-24(20,21)3;1-2/h12,17-22H,5-11,13-16H2,1-4H3;1-2H3. The van der Waals surface area contributed by atoms with E-state index >= 15 is 0 Å². The molecule has 1 heterocycles. The lowest BCUT2D eigenvalue weighted by atomic mass is 9.49. The van der Waals surface area contributed by atoms with Crippen LogP contribution in [0, 0.1) is 40.4 Å². The van der Waals surface area contributed by atoms with Gasteiger partial charge in [0.05, 0.1) is 0 Å². The normalized spacial score (nSPS) is 41.4. The quantitative estimate of drug-likeness (QED) is 0.334. The number of rotatable bonds is 6. The summed E-state index contributed by atoms with van der Waals surface area (Å²) in [5.41, 5.74) is 2.19. The van der Waals surface area contributed by atoms with Gasteiger partial charge in [-0.2, -0.15) is 0 Å². The fraction of sp³-hybridized carbons (Fsp3) is 0.889. The molecule has 2 heteroatoms. The molecule has 0 spiro atoms. The highest BCUT2D eigenvalue weighted by molar-refractivity contribution is 5.54. The Balaban J connectivity index is 0.00000117. The molecular weight excluding hydrogens is 354 g/mol. The van der Waals surface area contributed by atoms with Gasteiger partial charge in [-0.1, -0.05) is 73.3 Å². The molecule has 7 unspecified atom stereocenters. The topological polar surface area (TPSA) is 20.3 Å². The van der Waals surface area contributed by atoms with E-state index in [0.717, 1.165) is 42.5 Å². The van der Waals surface area contributed by atoms with Crippen molar-refractivity contribution in [2.45, 2.75) is 106 Å². The first kappa shape index (κ1) is 22.9. The zero-order valence-electron chi connectivity index (χ0n) is 20.2. The van der Waals surface area contributed by atoms with Gasteiger partial charge < -0.3 is 4.90 Å². The van der Waals surface area contributed by atoms with Crippen LogP contribution in [0.3, 0.4) is 0 Å². The highest BCUT2D eigenvalue weighted by Crippen LogP contribution is 2.67. The number of hydrogen-bond acceptors (Lipinski definition) is 1. The Kier molecular flexibility index (Phi) is 7.22. The summed E-state index contributed by atoms with van der Waals surface area (Å²) in [6.45, 7) is 14.9. The highest BCUT2D eigenvalue weighted by atomic mass is 16.1. The van der Waals surface area contributed by atoms with Crippen molar-refractivity contribution in [3.63, 3.8) is 0 Å². The van der Waals surface area contributed by atoms with Crippen LogP contribution in [0.5, 0.6) is 0 Å². The average Bonchev–Trinajstić information content (AvgIpc) is 3.26. The summed E-state index contributed by atoms with van der Waals surface area (Å²) < 4.78 is 0. The van der Waals surface area contributed by atoms with Gasteiger partial charge in [0.25, 0.3) is 0 Å². The third kappa shape index (κ3) is 3.72. The number of likely N-dealkylation sites (tertiary alicyclic amines) is 1. The lowest BCUT2D eigenvalue weighted by molar-refractivity contribution is -0.116. The van der Waals surface area contributed by atoms with Gasteiger partial charge in [-0.15, -0.1) is 0 Å². The van der Waals surface area contributed by atoms with E-state index in [0.29, 0.717) is 5.41 Å². The number of fused-ring (bicyclic) bond motifs is 5. The third-order valence-corrected chi connectivity index (χ3v) is 9.76. The second kappa shape index (κ2) is 9.15. The van der Waals surface area contributed by atoms with Gasteiger partial charge in [-0.05, 0) is 73.5 Å². The van der Waals surface area contributed by atoms with Crippen molar-refractivity contribution in [1.29, 1.82) is 0 Å². The minimum absolute atomic E-state index is 0.260. The van der Waals surface area contributed by atoms with Crippen LogP contribution in [0.4, 0.5) is 0 Å². The van der Waals surface area contributed by atoms with E-state index in [4.69, 9.17) is 0 Å². The Morgan fingerprint density at radius 2 is 1.90 bits per heavy atom. The molecule has 2 saturated carbocycles. The minimum atomic E-state index is 0.260. The van der Waals surface area contributed by atoms with E-state index < -0.39 is 0 Å². The zero-order valence-corrected chi connectivity index (χ0v) is 20.2. The van der Waals surface area contributed by atoms with Crippen molar-refractivity contribution < 1.29 is 4.79 Å². The van der Waals surface area contributed by atoms with Crippen LogP contribution in [-0.2, 0) is 4.79 Å². The van der Waals surface area contributed by atoms with Crippen LogP contribution in [0.1, 0.15) is 106 Å². The third-order valence-electron chi connectivity index (χ3n) is 9.76. The molecule has 1 saturated heterocycles. The average molecular weight is 402 g/mol. The van der Waals surface area contributed by atoms with Crippen molar-refractivity contribution in [2.24, 2.45) is 40.4 Å². The molecule has 4 rings (SSSR count). The summed E-state index contributed by atoms with van der Waals surface area (Å²) >= 11 is 0. The number of hydrogen-bond donors (Lipinski definition) is 0. The van der Waals surface area contributed by atoms with Crippen LogP contribution in [0.2, 0.25) is 0 Å². The van der Waals surface area contributed by atoms with Gasteiger partial charge in [0.2, 0.25) is 6.41 Å². The second-order valence-corrected chi connectivity index (χ2v) is 10.9. The summed E-state index contributed by atoms with van der Waals surface area (Å²) in [5.74, 6) is 4.40. The molecule has 1 aliphatic heterocycles. The maximum Gasteiger partial charge on any atom is 0.213 e. The van der Waals surface area contributed by atoms with Crippen molar-refractivity contribution in [3.8, 4) is 0 Å². The number of unbranched alkanes of at least 4 members (excludes halogenated alkanes) is 2. The summed E-state index contributed by atoms with van der Waals surface area (Å²) in [7, 11) is 0. The monoisotopic (exact) mass is 401 g/mol. The molecule has 2 nitrogen and oxygen atoms in total. The number of nitrogens with zero attached hydrogens (tertiary/aromatic N) is 1. The van der Waals surface area contributed by atoms with E-state index in [2.05, 4.69) is 33.8 Å². The maximum atomic E-state index is 11.5. The first-order chi connectivity index (χ1) is 14.0. The molecule has 7 atom stereocenters. The molecule has 0 aromatic rings. The minimum Gasteiger partial charge on any atom is -0.318 e. The number of allylic oxidation sites excluding steroid dienone is 2. The number of amides is 1. The van der Waals surface area contributed by atoms with Crippen LogP contribution in [0.15, 0.2) is 11.8 Å². The largest absolute Gasteiger partial charge is 0.318 e. The van der Waals surface area contributed by atoms with Crippen LogP contribution in [0.25, 0.3) is 0 Å². The molecular formula is C27H47NO.